The van der Waals surface area contributed by atoms with Gasteiger partial charge in [-0.25, -0.2) is 0 Å². The van der Waals surface area contributed by atoms with Crippen molar-refractivity contribution in [1.29, 1.82) is 0 Å². The van der Waals surface area contributed by atoms with Crippen molar-refractivity contribution in [2.45, 2.75) is 56.3 Å². The van der Waals surface area contributed by atoms with Crippen LogP contribution in [0.25, 0.3) is 0 Å². The molecular formula is C17H27N5OS. The average Bonchev–Trinajstić information content (AvgIpc) is 3.33. The Morgan fingerprint density at radius 1 is 1.29 bits per heavy atom. The van der Waals surface area contributed by atoms with Crippen LogP contribution >= 0.6 is 11.8 Å². The van der Waals surface area contributed by atoms with Gasteiger partial charge in [0.15, 0.2) is 5.16 Å². The molecule has 0 bridgehead atoms. The maximum Gasteiger partial charge on any atom is 0.230 e. The highest BCUT2D eigenvalue weighted by Gasteiger charge is 2.23. The molecule has 2 fully saturated rings. The zero-order valence-electron chi connectivity index (χ0n) is 14.2. The molecule has 3 rings (SSSR count). The molecule has 1 aromatic rings. The molecule has 7 heteroatoms. The van der Waals surface area contributed by atoms with Gasteiger partial charge in [0.25, 0.3) is 0 Å². The summed E-state index contributed by atoms with van der Waals surface area (Å²) in [4.78, 5) is 14.4. The molecule has 24 heavy (non-hydrogen) atoms. The molecule has 1 saturated carbocycles. The second kappa shape index (κ2) is 8.67. The predicted molar refractivity (Wildman–Crippen MR) is 96.1 cm³/mol. The molecule has 1 saturated heterocycles. The number of thioether (sulfide) groups is 1. The molecule has 0 unspecified atom stereocenters. The number of nitrogens with one attached hydrogen (secondary N) is 1. The van der Waals surface area contributed by atoms with Crippen LogP contribution < -0.4 is 5.32 Å². The Kier molecular flexibility index (Phi) is 6.31. The van der Waals surface area contributed by atoms with Crippen LogP contribution in [-0.4, -0.2) is 57.0 Å². The molecule has 0 spiro atoms. The Balaban J connectivity index is 1.54. The first-order valence-corrected chi connectivity index (χ1v) is 9.92. The largest absolute Gasteiger partial charge is 0.353 e. The minimum atomic E-state index is 0.0884. The Labute approximate surface area is 148 Å². The Morgan fingerprint density at radius 2 is 2.08 bits per heavy atom. The third kappa shape index (κ3) is 5.08. The van der Waals surface area contributed by atoms with Gasteiger partial charge in [0.1, 0.15) is 5.82 Å². The summed E-state index contributed by atoms with van der Waals surface area (Å²) in [5.74, 6) is 1.48. The first-order chi connectivity index (χ1) is 11.8. The molecular weight excluding hydrogens is 322 g/mol. The summed E-state index contributed by atoms with van der Waals surface area (Å²) < 4.78 is 2.09. The molecule has 0 radical (unpaired) electrons. The number of likely N-dealkylation sites (tertiary alicyclic amines) is 1. The fourth-order valence-electron chi connectivity index (χ4n) is 2.99. The number of hydrogen-bond acceptors (Lipinski definition) is 5. The molecule has 132 valence electrons. The van der Waals surface area contributed by atoms with Crippen molar-refractivity contribution in [2.75, 3.05) is 25.4 Å². The van der Waals surface area contributed by atoms with Gasteiger partial charge >= 0.3 is 0 Å². The molecule has 1 aliphatic carbocycles. The summed E-state index contributed by atoms with van der Waals surface area (Å²) in [6.07, 6.45) is 8.95. The number of carbonyl (C=O) groups excluding carboxylic acids is 1. The van der Waals surface area contributed by atoms with Crippen molar-refractivity contribution in [3.05, 3.63) is 18.5 Å². The molecule has 1 amide bonds. The van der Waals surface area contributed by atoms with Gasteiger partial charge in [-0.3, -0.25) is 4.79 Å². The summed E-state index contributed by atoms with van der Waals surface area (Å²) in [6.45, 7) is 7.94. The van der Waals surface area contributed by atoms with Gasteiger partial charge in [0.05, 0.1) is 5.75 Å². The molecule has 6 nitrogen and oxygen atoms in total. The lowest BCUT2D eigenvalue weighted by molar-refractivity contribution is -0.118. The van der Waals surface area contributed by atoms with Gasteiger partial charge in [0.2, 0.25) is 5.91 Å². The van der Waals surface area contributed by atoms with Gasteiger partial charge in [0, 0.05) is 25.6 Å². The summed E-state index contributed by atoms with van der Waals surface area (Å²) in [5.41, 5.74) is 0. The Hall–Kier alpha value is -1.34. The third-order valence-electron chi connectivity index (χ3n) is 4.48. The lowest BCUT2D eigenvalue weighted by atomic mass is 10.1. The van der Waals surface area contributed by atoms with Gasteiger partial charge in [-0.15, -0.1) is 16.8 Å². The Bertz CT molecular complexity index is 563. The SMILES string of the molecule is C=CCn1c(CCN2CCCCC2)nnc1SCC(=O)NC1CC1. The second-order valence-corrected chi connectivity index (χ2v) is 7.52. The number of hydrogen-bond donors (Lipinski definition) is 1. The van der Waals surface area contributed by atoms with Crippen molar-refractivity contribution >= 4 is 17.7 Å². The normalized spacial score (nSPS) is 18.5. The highest BCUT2D eigenvalue weighted by molar-refractivity contribution is 7.99. The van der Waals surface area contributed by atoms with E-state index < -0.39 is 0 Å². The maximum absolute atomic E-state index is 11.9. The van der Waals surface area contributed by atoms with E-state index >= 15 is 0 Å². The summed E-state index contributed by atoms with van der Waals surface area (Å²) >= 11 is 1.46. The van der Waals surface area contributed by atoms with Crippen LogP contribution in [0.4, 0.5) is 0 Å². The van der Waals surface area contributed by atoms with Crippen LogP contribution in [-0.2, 0) is 17.8 Å². The molecule has 0 atom stereocenters. The van der Waals surface area contributed by atoms with Crippen molar-refractivity contribution in [3.63, 3.8) is 0 Å². The first kappa shape index (κ1) is 17.5. The minimum Gasteiger partial charge on any atom is -0.353 e. The highest BCUT2D eigenvalue weighted by Crippen LogP contribution is 2.21. The van der Waals surface area contributed by atoms with E-state index in [1.54, 1.807) is 0 Å². The van der Waals surface area contributed by atoms with Gasteiger partial charge in [-0.05, 0) is 38.8 Å². The van der Waals surface area contributed by atoms with E-state index in [4.69, 9.17) is 0 Å². The van der Waals surface area contributed by atoms with Crippen LogP contribution in [0.5, 0.6) is 0 Å². The zero-order chi connectivity index (χ0) is 16.8. The van der Waals surface area contributed by atoms with E-state index in [1.807, 2.05) is 6.08 Å². The lowest BCUT2D eigenvalue weighted by Crippen LogP contribution is -2.32. The second-order valence-electron chi connectivity index (χ2n) is 6.58. The molecule has 1 aliphatic heterocycles. The van der Waals surface area contributed by atoms with Gasteiger partial charge in [-0.2, -0.15) is 0 Å². The molecule has 0 aromatic carbocycles. The van der Waals surface area contributed by atoms with E-state index in [2.05, 4.69) is 31.6 Å². The van der Waals surface area contributed by atoms with Crippen LogP contribution in [0, 0.1) is 0 Å². The number of nitrogens with zero attached hydrogens (tertiary/aromatic N) is 4. The monoisotopic (exact) mass is 349 g/mol. The van der Waals surface area contributed by atoms with Crippen molar-refractivity contribution in [3.8, 4) is 0 Å². The van der Waals surface area contributed by atoms with Crippen LogP contribution in [0.15, 0.2) is 17.8 Å². The summed E-state index contributed by atoms with van der Waals surface area (Å²) in [5, 5.41) is 12.5. The molecule has 1 N–H and O–H groups in total. The number of amides is 1. The lowest BCUT2D eigenvalue weighted by Gasteiger charge is -2.26. The van der Waals surface area contributed by atoms with E-state index in [9.17, 15) is 4.79 Å². The maximum atomic E-state index is 11.9. The molecule has 2 heterocycles. The zero-order valence-corrected chi connectivity index (χ0v) is 15.1. The van der Waals surface area contributed by atoms with Crippen molar-refractivity contribution in [1.82, 2.24) is 25.0 Å². The fourth-order valence-corrected chi connectivity index (χ4v) is 3.77. The van der Waals surface area contributed by atoms with Crippen molar-refractivity contribution in [2.24, 2.45) is 0 Å². The number of allylic oxidation sites excluding steroid dienone is 1. The smallest absolute Gasteiger partial charge is 0.230 e. The third-order valence-corrected chi connectivity index (χ3v) is 5.45. The van der Waals surface area contributed by atoms with E-state index in [-0.39, 0.29) is 5.91 Å². The van der Waals surface area contributed by atoms with Gasteiger partial charge < -0.3 is 14.8 Å². The van der Waals surface area contributed by atoms with Crippen LogP contribution in [0.3, 0.4) is 0 Å². The number of piperidine rings is 1. The minimum absolute atomic E-state index is 0.0884. The standard InChI is InChI=1S/C17H27N5OS/c1-2-9-22-15(8-12-21-10-4-3-5-11-21)19-20-17(22)24-13-16(23)18-14-6-7-14/h2,14H,1,3-13H2,(H,18,23). The van der Waals surface area contributed by atoms with Gasteiger partial charge in [-0.1, -0.05) is 24.3 Å². The average molecular weight is 350 g/mol. The predicted octanol–water partition coefficient (Wildman–Crippen LogP) is 1.86. The number of carbonyl (C=O) groups is 1. The highest BCUT2D eigenvalue weighted by atomic mass is 32.2. The van der Waals surface area contributed by atoms with Crippen molar-refractivity contribution < 1.29 is 4.79 Å². The van der Waals surface area contributed by atoms with E-state index in [1.165, 1.54) is 44.1 Å². The number of rotatable bonds is 9. The van der Waals surface area contributed by atoms with Crippen LogP contribution in [0.1, 0.15) is 37.9 Å². The Morgan fingerprint density at radius 3 is 2.79 bits per heavy atom. The quantitative estimate of drug-likeness (QED) is 0.545. The van der Waals surface area contributed by atoms with Crippen LogP contribution in [0.2, 0.25) is 0 Å². The summed E-state index contributed by atoms with van der Waals surface area (Å²) in [6, 6.07) is 0.407. The van der Waals surface area contributed by atoms with E-state index in [0.29, 0.717) is 18.3 Å². The summed E-state index contributed by atoms with van der Waals surface area (Å²) in [7, 11) is 0. The molecule has 1 aromatic heterocycles. The fraction of sp³-hybridized carbons (Fsp3) is 0.706. The first-order valence-electron chi connectivity index (χ1n) is 8.94. The number of aromatic nitrogens is 3. The van der Waals surface area contributed by atoms with E-state index in [0.717, 1.165) is 36.8 Å². The topological polar surface area (TPSA) is 63.1 Å². The molecule has 2 aliphatic rings.